The second kappa shape index (κ2) is 8.00. The van der Waals surface area contributed by atoms with Gasteiger partial charge in [-0.15, -0.1) is 5.10 Å². The highest BCUT2D eigenvalue weighted by molar-refractivity contribution is 7.81. The predicted molar refractivity (Wildman–Crippen MR) is 92.5 cm³/mol. The lowest BCUT2D eigenvalue weighted by molar-refractivity contribution is -0.213. The second-order valence-corrected chi connectivity index (χ2v) is 7.54. The minimum Gasteiger partial charge on any atom is -0.394 e. The number of ether oxygens (including phenoxy) is 1. The molecule has 25 heavy (non-hydrogen) atoms. The van der Waals surface area contributed by atoms with Gasteiger partial charge in [-0.2, -0.15) is 12.6 Å². The van der Waals surface area contributed by atoms with Gasteiger partial charge in [-0.05, 0) is 13.3 Å². The summed E-state index contributed by atoms with van der Waals surface area (Å²) in [6.45, 7) is 3.41. The Hall–Kier alpha value is -1.20. The highest BCUT2D eigenvalue weighted by Crippen LogP contribution is 2.39. The Bertz CT molecular complexity index is 596. The molecule has 0 aromatic carbocycles. The molecule has 142 valence electrons. The standard InChI is InChI=1S/C15H26N4O5S/c1-4-5-15(2,25)13-12(22)10(11(21)9(7-20)24-13)19-6-8(17-18-19)14(23)16-3/h6,9-13,20-22,25H,4-5,7H2,1-3H3,(H,16,23)/t9?,10?,11-,12?,13+,15?/m0/s1. The van der Waals surface area contributed by atoms with Crippen LogP contribution in [0.2, 0.25) is 0 Å². The number of nitrogens with zero attached hydrogens (tertiary/aromatic N) is 3. The Kier molecular flexibility index (Phi) is 6.44. The van der Waals surface area contributed by atoms with E-state index in [4.69, 9.17) is 4.74 Å². The molecule has 6 atom stereocenters. The number of hydrogen-bond donors (Lipinski definition) is 5. The number of carbonyl (C=O) groups is 1. The number of amides is 1. The maximum Gasteiger partial charge on any atom is 0.273 e. The molecule has 0 aliphatic carbocycles. The fourth-order valence-corrected chi connectivity index (χ4v) is 3.67. The predicted octanol–water partition coefficient (Wildman–Crippen LogP) is -0.851. The van der Waals surface area contributed by atoms with Gasteiger partial charge in [0.2, 0.25) is 0 Å². The quantitative estimate of drug-likeness (QED) is 0.410. The van der Waals surface area contributed by atoms with Crippen molar-refractivity contribution in [2.45, 2.75) is 61.9 Å². The third kappa shape index (κ3) is 3.98. The number of thiol groups is 1. The van der Waals surface area contributed by atoms with E-state index in [0.29, 0.717) is 6.42 Å². The first-order valence-corrected chi connectivity index (χ1v) is 8.70. The van der Waals surface area contributed by atoms with Gasteiger partial charge in [0.25, 0.3) is 5.91 Å². The van der Waals surface area contributed by atoms with Crippen LogP contribution in [0.15, 0.2) is 6.20 Å². The maximum absolute atomic E-state index is 11.7. The van der Waals surface area contributed by atoms with Crippen molar-refractivity contribution in [3.05, 3.63) is 11.9 Å². The van der Waals surface area contributed by atoms with Crippen molar-refractivity contribution in [3.63, 3.8) is 0 Å². The molecule has 4 N–H and O–H groups in total. The van der Waals surface area contributed by atoms with E-state index in [1.165, 1.54) is 17.9 Å². The van der Waals surface area contributed by atoms with Gasteiger partial charge in [0, 0.05) is 11.8 Å². The average Bonchev–Trinajstić information content (AvgIpc) is 3.03. The van der Waals surface area contributed by atoms with Gasteiger partial charge in [-0.1, -0.05) is 18.6 Å². The van der Waals surface area contributed by atoms with Crippen molar-refractivity contribution in [1.29, 1.82) is 0 Å². The smallest absolute Gasteiger partial charge is 0.273 e. The zero-order valence-corrected chi connectivity index (χ0v) is 15.4. The van der Waals surface area contributed by atoms with Crippen LogP contribution < -0.4 is 5.32 Å². The van der Waals surface area contributed by atoms with Crippen LogP contribution >= 0.6 is 12.6 Å². The van der Waals surface area contributed by atoms with E-state index in [1.54, 1.807) is 0 Å². The summed E-state index contributed by atoms with van der Waals surface area (Å²) in [4.78, 5) is 11.7. The highest BCUT2D eigenvalue weighted by atomic mass is 32.1. The Labute approximate surface area is 151 Å². The topological polar surface area (TPSA) is 130 Å². The fourth-order valence-electron chi connectivity index (χ4n) is 3.23. The molecule has 1 aliphatic rings. The number of hydrogen-bond acceptors (Lipinski definition) is 8. The molecule has 2 heterocycles. The molecule has 1 fully saturated rings. The van der Waals surface area contributed by atoms with Crippen molar-refractivity contribution in [2.75, 3.05) is 13.7 Å². The van der Waals surface area contributed by atoms with Crippen LogP contribution in [0.1, 0.15) is 43.2 Å². The van der Waals surface area contributed by atoms with E-state index in [0.717, 1.165) is 6.42 Å². The molecule has 9 nitrogen and oxygen atoms in total. The van der Waals surface area contributed by atoms with E-state index in [2.05, 4.69) is 28.3 Å². The molecule has 0 spiro atoms. The van der Waals surface area contributed by atoms with E-state index < -0.39 is 47.7 Å². The van der Waals surface area contributed by atoms with Gasteiger partial charge in [-0.3, -0.25) is 4.79 Å². The summed E-state index contributed by atoms with van der Waals surface area (Å²) in [5, 5.41) is 41.0. The first-order chi connectivity index (χ1) is 11.8. The summed E-state index contributed by atoms with van der Waals surface area (Å²) in [6.07, 6.45) is -1.17. The lowest BCUT2D eigenvalue weighted by atomic mass is 9.84. The number of rotatable bonds is 6. The monoisotopic (exact) mass is 374 g/mol. The molecule has 0 saturated carbocycles. The maximum atomic E-state index is 11.7. The first kappa shape index (κ1) is 20.1. The Morgan fingerprint density at radius 3 is 2.72 bits per heavy atom. The summed E-state index contributed by atoms with van der Waals surface area (Å²) in [5.74, 6) is -0.428. The first-order valence-electron chi connectivity index (χ1n) is 8.25. The SMILES string of the molecule is CCCC(C)(S)[C@@H]1OC(CO)[C@H](O)C(n2cc(C(=O)NC)nn2)C1O. The number of carbonyl (C=O) groups excluding carboxylic acids is 1. The van der Waals surface area contributed by atoms with Gasteiger partial charge in [0.05, 0.1) is 12.8 Å². The lowest BCUT2D eigenvalue weighted by Crippen LogP contribution is -2.61. The largest absolute Gasteiger partial charge is 0.394 e. The molecule has 0 bridgehead atoms. The molecule has 10 heteroatoms. The van der Waals surface area contributed by atoms with E-state index in [9.17, 15) is 20.1 Å². The summed E-state index contributed by atoms with van der Waals surface area (Å²) in [6, 6.07) is -0.926. The molecule has 0 radical (unpaired) electrons. The van der Waals surface area contributed by atoms with Crippen LogP contribution in [-0.2, 0) is 4.74 Å². The minimum atomic E-state index is -1.22. The molecule has 1 amide bonds. The van der Waals surface area contributed by atoms with Crippen molar-refractivity contribution in [1.82, 2.24) is 20.3 Å². The van der Waals surface area contributed by atoms with Crippen molar-refractivity contribution in [3.8, 4) is 0 Å². The van der Waals surface area contributed by atoms with Crippen LogP contribution in [0.4, 0.5) is 0 Å². The Balaban J connectivity index is 2.36. The Morgan fingerprint density at radius 2 is 2.16 bits per heavy atom. The average molecular weight is 374 g/mol. The van der Waals surface area contributed by atoms with Crippen LogP contribution in [0.25, 0.3) is 0 Å². The number of aliphatic hydroxyl groups is 3. The van der Waals surface area contributed by atoms with E-state index in [1.807, 2.05) is 13.8 Å². The minimum absolute atomic E-state index is 0.0627. The molecule has 4 unspecified atom stereocenters. The van der Waals surface area contributed by atoms with Gasteiger partial charge < -0.3 is 25.4 Å². The lowest BCUT2D eigenvalue weighted by Gasteiger charge is -2.47. The van der Waals surface area contributed by atoms with Crippen LogP contribution in [-0.4, -0.2) is 79.0 Å². The van der Waals surface area contributed by atoms with Crippen LogP contribution in [0.3, 0.4) is 0 Å². The Morgan fingerprint density at radius 1 is 1.48 bits per heavy atom. The van der Waals surface area contributed by atoms with Gasteiger partial charge in [0.1, 0.15) is 30.5 Å². The zero-order valence-electron chi connectivity index (χ0n) is 14.5. The van der Waals surface area contributed by atoms with E-state index in [-0.39, 0.29) is 5.69 Å². The van der Waals surface area contributed by atoms with E-state index >= 15 is 0 Å². The number of aromatic nitrogens is 3. The van der Waals surface area contributed by atoms with Crippen molar-refractivity contribution < 1.29 is 24.9 Å². The van der Waals surface area contributed by atoms with Crippen molar-refractivity contribution >= 4 is 18.5 Å². The zero-order chi connectivity index (χ0) is 18.8. The third-order valence-corrected chi connectivity index (χ3v) is 5.01. The van der Waals surface area contributed by atoms with Crippen LogP contribution in [0, 0.1) is 0 Å². The molecular formula is C15H26N4O5S. The molecule has 1 aliphatic heterocycles. The number of aliphatic hydroxyl groups excluding tert-OH is 3. The molecule has 2 rings (SSSR count). The number of nitrogens with one attached hydrogen (secondary N) is 1. The second-order valence-electron chi connectivity index (χ2n) is 6.52. The fraction of sp³-hybridized carbons (Fsp3) is 0.800. The summed E-state index contributed by atoms with van der Waals surface area (Å²) in [5.41, 5.74) is 0.0627. The molecule has 1 saturated heterocycles. The third-order valence-electron chi connectivity index (χ3n) is 4.54. The summed E-state index contributed by atoms with van der Waals surface area (Å²) < 4.78 is 6.30. The van der Waals surface area contributed by atoms with Crippen molar-refractivity contribution in [2.24, 2.45) is 0 Å². The highest BCUT2D eigenvalue weighted by Gasteiger charge is 2.51. The summed E-state index contributed by atoms with van der Waals surface area (Å²) in [7, 11) is 1.47. The molecule has 1 aromatic heterocycles. The molecule has 1 aromatic rings. The van der Waals surface area contributed by atoms with Crippen LogP contribution in [0.5, 0.6) is 0 Å². The summed E-state index contributed by atoms with van der Waals surface area (Å²) >= 11 is 4.63. The van der Waals surface area contributed by atoms with Gasteiger partial charge in [-0.25, -0.2) is 4.68 Å². The molecular weight excluding hydrogens is 348 g/mol. The normalized spacial score (nSPS) is 32.2. The van der Waals surface area contributed by atoms with Gasteiger partial charge >= 0.3 is 0 Å². The van der Waals surface area contributed by atoms with Gasteiger partial charge in [0.15, 0.2) is 5.69 Å².